The van der Waals surface area contributed by atoms with Crippen molar-refractivity contribution in [1.29, 1.82) is 0 Å². The maximum Gasteiger partial charge on any atom is 0.141 e. The number of furan rings is 1. The number of nitrogens with zero attached hydrogens (tertiary/aromatic N) is 4. The number of para-hydroxylation sites is 2. The summed E-state index contributed by atoms with van der Waals surface area (Å²) in [5.41, 5.74) is 4.38. The van der Waals surface area contributed by atoms with Gasteiger partial charge in [-0.1, -0.05) is 54.6 Å². The van der Waals surface area contributed by atoms with E-state index in [0.717, 1.165) is 50.5 Å². The van der Waals surface area contributed by atoms with Gasteiger partial charge in [-0.2, -0.15) is 0 Å². The average Bonchev–Trinajstić information content (AvgIpc) is 3.58. The first-order chi connectivity index (χ1) is 19.2. The summed E-state index contributed by atoms with van der Waals surface area (Å²) in [6.07, 6.45) is 5.53. The fraction of sp³-hybridized carbons (Fsp3) is 0.0303. The van der Waals surface area contributed by atoms with Gasteiger partial charge in [-0.05, 0) is 42.5 Å². The van der Waals surface area contributed by atoms with E-state index in [4.69, 9.17) is 9.15 Å². The first kappa shape index (κ1) is 22.8. The second-order valence-corrected chi connectivity index (χ2v) is 9.27. The summed E-state index contributed by atoms with van der Waals surface area (Å²) in [4.78, 5) is 11.3. The van der Waals surface area contributed by atoms with E-state index in [-0.39, 0.29) is 0 Å². The highest BCUT2D eigenvalue weighted by Crippen LogP contribution is 2.44. The van der Waals surface area contributed by atoms with Crippen molar-refractivity contribution >= 4 is 39.1 Å². The van der Waals surface area contributed by atoms with Crippen LogP contribution in [0.2, 0.25) is 0 Å². The van der Waals surface area contributed by atoms with Crippen LogP contribution in [-0.2, 0) is 7.05 Å². The molecule has 0 amide bonds. The van der Waals surface area contributed by atoms with Crippen molar-refractivity contribution in [3.05, 3.63) is 128 Å². The molecule has 3 heterocycles. The number of fused-ring (bicyclic) bond motifs is 3. The number of ether oxygens (including phenoxy) is 1. The summed E-state index contributed by atoms with van der Waals surface area (Å²) in [6.45, 7) is 0. The largest absolute Gasteiger partial charge is 0.456 e. The van der Waals surface area contributed by atoms with Gasteiger partial charge in [0.1, 0.15) is 34.3 Å². The quantitative estimate of drug-likeness (QED) is 0.225. The third-order valence-electron chi connectivity index (χ3n) is 6.72. The molecule has 0 unspecified atom stereocenters. The molecular formula is C33H24N4O2. The monoisotopic (exact) mass is 508 g/mol. The predicted octanol–water partition coefficient (Wildman–Crippen LogP) is 8.64. The Morgan fingerprint density at radius 2 is 1.56 bits per heavy atom. The molecule has 0 bridgehead atoms. The number of benzene rings is 4. The van der Waals surface area contributed by atoms with Crippen LogP contribution in [0.3, 0.4) is 0 Å². The van der Waals surface area contributed by atoms with Crippen molar-refractivity contribution in [2.45, 2.75) is 0 Å². The molecule has 0 N–H and O–H groups in total. The number of imidazole rings is 1. The van der Waals surface area contributed by atoms with Crippen molar-refractivity contribution in [2.24, 2.45) is 7.05 Å². The molecule has 7 rings (SSSR count). The summed E-state index contributed by atoms with van der Waals surface area (Å²) in [5.74, 6) is 3.07. The van der Waals surface area contributed by atoms with Gasteiger partial charge in [0, 0.05) is 54.4 Å². The highest BCUT2D eigenvalue weighted by atomic mass is 16.5. The molecule has 0 saturated carbocycles. The number of rotatable bonds is 6. The van der Waals surface area contributed by atoms with Gasteiger partial charge in [-0.3, -0.25) is 4.90 Å². The number of anilines is 3. The Bertz CT molecular complexity index is 1870. The molecule has 0 aliphatic rings. The second kappa shape index (κ2) is 9.50. The van der Waals surface area contributed by atoms with Gasteiger partial charge in [0.05, 0.1) is 11.1 Å². The number of hydrogen-bond acceptors (Lipinski definition) is 5. The number of pyridine rings is 1. The minimum Gasteiger partial charge on any atom is -0.456 e. The zero-order chi connectivity index (χ0) is 26.2. The van der Waals surface area contributed by atoms with Crippen LogP contribution in [0.25, 0.3) is 33.3 Å². The fourth-order valence-electron chi connectivity index (χ4n) is 4.96. The van der Waals surface area contributed by atoms with Crippen LogP contribution in [0, 0.1) is 0 Å². The highest BCUT2D eigenvalue weighted by Gasteiger charge is 2.20. The van der Waals surface area contributed by atoms with Gasteiger partial charge in [0.25, 0.3) is 0 Å². The third kappa shape index (κ3) is 4.18. The van der Waals surface area contributed by atoms with Gasteiger partial charge in [-0.15, -0.1) is 0 Å². The lowest BCUT2D eigenvalue weighted by molar-refractivity contribution is 0.488. The van der Waals surface area contributed by atoms with Crippen LogP contribution >= 0.6 is 0 Å². The average molecular weight is 509 g/mol. The lowest BCUT2D eigenvalue weighted by Crippen LogP contribution is -2.11. The SMILES string of the molecule is Cn1ccnc1-c1cccc(Oc2cc(N(c3ccccc3)c3ccccn3)cc3oc4ccccc4c23)c1. The minimum absolute atomic E-state index is 0.696. The third-order valence-corrected chi connectivity index (χ3v) is 6.72. The molecule has 0 atom stereocenters. The maximum absolute atomic E-state index is 6.66. The Morgan fingerprint density at radius 3 is 2.38 bits per heavy atom. The standard InChI is InChI=1S/C33H24N4O2/c1-36-19-18-35-33(36)23-10-9-13-26(20-23)38-29-21-25(22-30-32(29)27-14-5-6-15-28(27)39-30)37(24-11-3-2-4-12-24)31-16-7-8-17-34-31/h2-22H,1H3. The summed E-state index contributed by atoms with van der Waals surface area (Å²) < 4.78 is 15.0. The summed E-state index contributed by atoms with van der Waals surface area (Å²) >= 11 is 0. The van der Waals surface area contributed by atoms with Gasteiger partial charge in [-0.25, -0.2) is 9.97 Å². The first-order valence-corrected chi connectivity index (χ1v) is 12.7. The molecular weight excluding hydrogens is 484 g/mol. The Balaban J connectivity index is 1.42. The molecule has 0 fully saturated rings. The molecule has 0 radical (unpaired) electrons. The fourth-order valence-corrected chi connectivity index (χ4v) is 4.96. The minimum atomic E-state index is 0.696. The van der Waals surface area contributed by atoms with Crippen LogP contribution in [0.4, 0.5) is 17.2 Å². The van der Waals surface area contributed by atoms with Crippen molar-refractivity contribution in [3.63, 3.8) is 0 Å². The van der Waals surface area contributed by atoms with Crippen molar-refractivity contribution < 1.29 is 9.15 Å². The first-order valence-electron chi connectivity index (χ1n) is 12.7. The molecule has 188 valence electrons. The van der Waals surface area contributed by atoms with Crippen LogP contribution in [0.15, 0.2) is 132 Å². The molecule has 7 aromatic rings. The molecule has 0 spiro atoms. The maximum atomic E-state index is 6.66. The van der Waals surface area contributed by atoms with Gasteiger partial charge >= 0.3 is 0 Å². The van der Waals surface area contributed by atoms with Crippen LogP contribution in [0.1, 0.15) is 0 Å². The Hall–Kier alpha value is -5.36. The van der Waals surface area contributed by atoms with E-state index < -0.39 is 0 Å². The Labute approximate surface area is 225 Å². The van der Waals surface area contributed by atoms with E-state index >= 15 is 0 Å². The number of aryl methyl sites for hydroxylation is 1. The molecule has 6 heteroatoms. The normalized spacial score (nSPS) is 11.2. The van der Waals surface area contributed by atoms with Gasteiger partial charge in [0.2, 0.25) is 0 Å². The number of hydrogen-bond donors (Lipinski definition) is 0. The lowest BCUT2D eigenvalue weighted by atomic mass is 10.1. The van der Waals surface area contributed by atoms with Gasteiger partial charge in [0.15, 0.2) is 0 Å². The molecule has 39 heavy (non-hydrogen) atoms. The molecule has 0 aliphatic heterocycles. The highest BCUT2D eigenvalue weighted by molar-refractivity contribution is 6.09. The molecule has 0 saturated heterocycles. The zero-order valence-corrected chi connectivity index (χ0v) is 21.2. The van der Waals surface area contributed by atoms with E-state index in [2.05, 4.69) is 39.1 Å². The van der Waals surface area contributed by atoms with E-state index in [1.165, 1.54) is 0 Å². The lowest BCUT2D eigenvalue weighted by Gasteiger charge is -2.24. The topological polar surface area (TPSA) is 56.3 Å². The Kier molecular flexibility index (Phi) is 5.56. The van der Waals surface area contributed by atoms with Crippen molar-refractivity contribution in [2.75, 3.05) is 4.90 Å². The molecule has 3 aromatic heterocycles. The summed E-state index contributed by atoms with van der Waals surface area (Å²) in [5, 5.41) is 1.92. The molecule has 0 aliphatic carbocycles. The van der Waals surface area contributed by atoms with Crippen LogP contribution < -0.4 is 9.64 Å². The molecule has 4 aromatic carbocycles. The smallest absolute Gasteiger partial charge is 0.141 e. The van der Waals surface area contributed by atoms with E-state index in [1.54, 1.807) is 12.4 Å². The van der Waals surface area contributed by atoms with Crippen LogP contribution in [-0.4, -0.2) is 14.5 Å². The molecule has 6 nitrogen and oxygen atoms in total. The van der Waals surface area contributed by atoms with Crippen molar-refractivity contribution in [3.8, 4) is 22.9 Å². The van der Waals surface area contributed by atoms with Gasteiger partial charge < -0.3 is 13.7 Å². The van der Waals surface area contributed by atoms with E-state index in [9.17, 15) is 0 Å². The number of aromatic nitrogens is 3. The predicted molar refractivity (Wildman–Crippen MR) is 155 cm³/mol. The van der Waals surface area contributed by atoms with Crippen molar-refractivity contribution in [1.82, 2.24) is 14.5 Å². The second-order valence-electron chi connectivity index (χ2n) is 9.27. The van der Waals surface area contributed by atoms with Crippen LogP contribution in [0.5, 0.6) is 11.5 Å². The zero-order valence-electron chi connectivity index (χ0n) is 21.2. The summed E-state index contributed by atoms with van der Waals surface area (Å²) in [6, 6.07) is 36.2. The van der Waals surface area contributed by atoms with E-state index in [0.29, 0.717) is 11.5 Å². The summed E-state index contributed by atoms with van der Waals surface area (Å²) in [7, 11) is 1.98. The van der Waals surface area contributed by atoms with E-state index in [1.807, 2.05) is 103 Å². The Morgan fingerprint density at radius 1 is 0.718 bits per heavy atom.